The normalized spacial score (nSPS) is 14.2. The molecule has 9 nitrogen and oxygen atoms in total. The van der Waals surface area contributed by atoms with E-state index in [9.17, 15) is 18.0 Å². The molecule has 0 saturated carbocycles. The van der Waals surface area contributed by atoms with Gasteiger partial charge in [0.2, 0.25) is 0 Å². The first-order valence-corrected chi connectivity index (χ1v) is 11.3. The SMILES string of the molecule is CCN1CCN(c2ccc(NC(=O)c3cc(-c4ccc(C)o4)[nH]n3)cc2C)CC1.O=C(O)C(F)(F)F. The highest BCUT2D eigenvalue weighted by Crippen LogP contribution is 2.26. The summed E-state index contributed by atoms with van der Waals surface area (Å²) in [4.78, 5) is 26.4. The largest absolute Gasteiger partial charge is 0.490 e. The summed E-state index contributed by atoms with van der Waals surface area (Å²) >= 11 is 0. The highest BCUT2D eigenvalue weighted by Gasteiger charge is 2.38. The molecule has 3 heterocycles. The van der Waals surface area contributed by atoms with Gasteiger partial charge in [-0.15, -0.1) is 0 Å². The van der Waals surface area contributed by atoms with Crippen LogP contribution in [0.15, 0.2) is 40.8 Å². The van der Waals surface area contributed by atoms with Gasteiger partial charge in [-0.3, -0.25) is 9.89 Å². The predicted molar refractivity (Wildman–Crippen MR) is 128 cm³/mol. The number of carbonyl (C=O) groups is 2. The van der Waals surface area contributed by atoms with Crippen molar-refractivity contribution >= 4 is 23.3 Å². The minimum absolute atomic E-state index is 0.250. The van der Waals surface area contributed by atoms with Crippen LogP contribution in [-0.2, 0) is 4.79 Å². The lowest BCUT2D eigenvalue weighted by atomic mass is 10.1. The fourth-order valence-corrected chi connectivity index (χ4v) is 3.73. The third-order valence-corrected chi connectivity index (χ3v) is 5.67. The number of aliphatic carboxylic acids is 1. The van der Waals surface area contributed by atoms with Crippen molar-refractivity contribution in [3.05, 3.63) is 53.4 Å². The molecule has 0 spiro atoms. The van der Waals surface area contributed by atoms with Crippen molar-refractivity contribution in [2.75, 3.05) is 42.9 Å². The van der Waals surface area contributed by atoms with Gasteiger partial charge >= 0.3 is 12.1 Å². The van der Waals surface area contributed by atoms with Gasteiger partial charge in [-0.2, -0.15) is 18.3 Å². The number of benzene rings is 1. The molecule has 3 N–H and O–H groups in total. The number of carboxylic acid groups (broad SMARTS) is 1. The number of aryl methyl sites for hydroxylation is 2. The van der Waals surface area contributed by atoms with E-state index in [-0.39, 0.29) is 5.91 Å². The standard InChI is InChI=1S/C22H27N5O2.C2HF3O2/c1-4-26-9-11-27(12-10-26)20-7-6-17(13-15(20)2)23-22(28)19-14-18(24-25-19)21-8-5-16(3)29-21;3-2(4,5)1(6)7/h5-8,13-14H,4,9-12H2,1-3H3,(H,23,28)(H,24,25);(H,6,7). The van der Waals surface area contributed by atoms with Gasteiger partial charge in [-0.1, -0.05) is 6.92 Å². The van der Waals surface area contributed by atoms with Crippen LogP contribution in [0.1, 0.15) is 28.7 Å². The molecule has 1 aliphatic heterocycles. The van der Waals surface area contributed by atoms with Gasteiger partial charge in [-0.05, 0) is 56.3 Å². The van der Waals surface area contributed by atoms with Gasteiger partial charge in [-0.25, -0.2) is 4.79 Å². The van der Waals surface area contributed by atoms with Crippen molar-refractivity contribution in [1.82, 2.24) is 15.1 Å². The summed E-state index contributed by atoms with van der Waals surface area (Å²) in [5, 5.41) is 17.0. The van der Waals surface area contributed by atoms with E-state index in [4.69, 9.17) is 14.3 Å². The van der Waals surface area contributed by atoms with Crippen molar-refractivity contribution in [2.24, 2.45) is 0 Å². The highest BCUT2D eigenvalue weighted by atomic mass is 19.4. The first kappa shape index (κ1) is 26.8. The van der Waals surface area contributed by atoms with Gasteiger partial charge in [0.05, 0.1) is 0 Å². The summed E-state index contributed by atoms with van der Waals surface area (Å²) in [5.41, 5.74) is 4.16. The Morgan fingerprint density at radius 2 is 1.78 bits per heavy atom. The fraction of sp³-hybridized carbons (Fsp3) is 0.375. The topological polar surface area (TPSA) is 115 Å². The van der Waals surface area contributed by atoms with Crippen LogP contribution in [-0.4, -0.2) is 71.0 Å². The van der Waals surface area contributed by atoms with Crippen LogP contribution in [0.25, 0.3) is 11.5 Å². The third kappa shape index (κ3) is 6.87. The summed E-state index contributed by atoms with van der Waals surface area (Å²) in [7, 11) is 0. The number of aromatic nitrogens is 2. The minimum atomic E-state index is -5.08. The number of hydrogen-bond acceptors (Lipinski definition) is 6. The second-order valence-corrected chi connectivity index (χ2v) is 8.26. The van der Waals surface area contributed by atoms with Gasteiger partial charge in [0.25, 0.3) is 5.91 Å². The van der Waals surface area contributed by atoms with E-state index in [1.165, 1.54) is 5.69 Å². The molecule has 1 aromatic carbocycles. The third-order valence-electron chi connectivity index (χ3n) is 5.67. The minimum Gasteiger partial charge on any atom is -0.475 e. The van der Waals surface area contributed by atoms with Crippen molar-refractivity contribution in [3.63, 3.8) is 0 Å². The lowest BCUT2D eigenvalue weighted by Gasteiger charge is -2.36. The fourth-order valence-electron chi connectivity index (χ4n) is 3.73. The van der Waals surface area contributed by atoms with Crippen LogP contribution < -0.4 is 10.2 Å². The van der Waals surface area contributed by atoms with E-state index in [1.807, 2.05) is 31.2 Å². The Morgan fingerprint density at radius 1 is 1.11 bits per heavy atom. The monoisotopic (exact) mass is 507 g/mol. The molecule has 0 atom stereocenters. The summed E-state index contributed by atoms with van der Waals surface area (Å²) in [6.45, 7) is 11.5. The van der Waals surface area contributed by atoms with E-state index in [2.05, 4.69) is 45.2 Å². The Bertz CT molecular complexity index is 1200. The predicted octanol–water partition coefficient (Wildman–Crippen LogP) is 4.31. The molecule has 194 valence electrons. The summed E-state index contributed by atoms with van der Waals surface area (Å²) in [5.74, 6) is -1.53. The highest BCUT2D eigenvalue weighted by molar-refractivity contribution is 6.03. The zero-order chi connectivity index (χ0) is 26.5. The number of carboxylic acids is 1. The maximum Gasteiger partial charge on any atom is 0.490 e. The molecule has 36 heavy (non-hydrogen) atoms. The number of hydrogen-bond donors (Lipinski definition) is 3. The summed E-state index contributed by atoms with van der Waals surface area (Å²) in [6.07, 6.45) is -5.08. The lowest BCUT2D eigenvalue weighted by molar-refractivity contribution is -0.192. The second kappa shape index (κ2) is 11.3. The van der Waals surface area contributed by atoms with Gasteiger partial charge in [0.1, 0.15) is 11.5 Å². The summed E-state index contributed by atoms with van der Waals surface area (Å²) in [6, 6.07) is 11.5. The lowest BCUT2D eigenvalue weighted by Crippen LogP contribution is -2.46. The number of rotatable bonds is 5. The summed E-state index contributed by atoms with van der Waals surface area (Å²) < 4.78 is 37.3. The quantitative estimate of drug-likeness (QED) is 0.471. The number of halogens is 3. The van der Waals surface area contributed by atoms with Crippen molar-refractivity contribution < 1.29 is 32.3 Å². The molecule has 2 aromatic heterocycles. The van der Waals surface area contributed by atoms with Crippen LogP contribution in [0.4, 0.5) is 24.5 Å². The van der Waals surface area contributed by atoms with Crippen molar-refractivity contribution in [1.29, 1.82) is 0 Å². The number of anilines is 2. The first-order valence-electron chi connectivity index (χ1n) is 11.3. The number of carbonyl (C=O) groups excluding carboxylic acids is 1. The molecular formula is C24H28F3N5O4. The van der Waals surface area contributed by atoms with Crippen molar-refractivity contribution in [2.45, 2.75) is 26.9 Å². The number of aromatic amines is 1. The first-order chi connectivity index (χ1) is 17.0. The number of alkyl halides is 3. The molecule has 3 aromatic rings. The Morgan fingerprint density at radius 3 is 2.31 bits per heavy atom. The maximum atomic E-state index is 12.6. The molecule has 4 rings (SSSR count). The van der Waals surface area contributed by atoms with E-state index >= 15 is 0 Å². The molecule has 1 fully saturated rings. The zero-order valence-electron chi connectivity index (χ0n) is 20.1. The molecule has 0 unspecified atom stereocenters. The number of nitrogens with one attached hydrogen (secondary N) is 2. The second-order valence-electron chi connectivity index (χ2n) is 8.26. The van der Waals surface area contributed by atoms with Crippen LogP contribution in [0.3, 0.4) is 0 Å². The molecule has 12 heteroatoms. The molecule has 1 amide bonds. The van der Waals surface area contributed by atoms with Crippen LogP contribution >= 0.6 is 0 Å². The number of piperazine rings is 1. The van der Waals surface area contributed by atoms with Crippen molar-refractivity contribution in [3.8, 4) is 11.5 Å². The Labute approximate surface area is 205 Å². The molecule has 0 aliphatic carbocycles. The van der Waals surface area contributed by atoms with E-state index in [0.29, 0.717) is 17.1 Å². The average molecular weight is 508 g/mol. The molecule has 0 radical (unpaired) electrons. The molecular weight excluding hydrogens is 479 g/mol. The molecule has 1 saturated heterocycles. The van der Waals surface area contributed by atoms with Crippen LogP contribution in [0.2, 0.25) is 0 Å². The Hall–Kier alpha value is -3.80. The number of likely N-dealkylation sites (N-methyl/N-ethyl adjacent to an activating group) is 1. The zero-order valence-corrected chi connectivity index (χ0v) is 20.1. The Kier molecular flexibility index (Phi) is 8.41. The van der Waals surface area contributed by atoms with E-state index < -0.39 is 12.1 Å². The molecule has 1 aliphatic rings. The maximum absolute atomic E-state index is 12.6. The molecule has 0 bridgehead atoms. The van der Waals surface area contributed by atoms with Crippen LogP contribution in [0.5, 0.6) is 0 Å². The van der Waals surface area contributed by atoms with Gasteiger partial charge in [0, 0.05) is 43.6 Å². The number of furan rings is 1. The average Bonchev–Trinajstić information content (AvgIpc) is 3.48. The van der Waals surface area contributed by atoms with Gasteiger partial charge < -0.3 is 24.6 Å². The van der Waals surface area contributed by atoms with Gasteiger partial charge in [0.15, 0.2) is 11.5 Å². The number of nitrogens with zero attached hydrogens (tertiary/aromatic N) is 3. The van der Waals surface area contributed by atoms with E-state index in [0.717, 1.165) is 49.7 Å². The van der Waals surface area contributed by atoms with Crippen LogP contribution in [0, 0.1) is 13.8 Å². The number of amides is 1. The Balaban J connectivity index is 0.000000454. The smallest absolute Gasteiger partial charge is 0.475 e. The van der Waals surface area contributed by atoms with E-state index in [1.54, 1.807) is 6.07 Å². The number of H-pyrrole nitrogens is 1.